The van der Waals surface area contributed by atoms with Crippen molar-refractivity contribution >= 4 is 11.8 Å². The third-order valence-corrected chi connectivity index (χ3v) is 3.77. The molecule has 0 saturated heterocycles. The molecule has 1 fully saturated rings. The van der Waals surface area contributed by atoms with Crippen LogP contribution in [0.4, 0.5) is 10.6 Å². The van der Waals surface area contributed by atoms with Gasteiger partial charge in [-0.2, -0.15) is 5.10 Å². The van der Waals surface area contributed by atoms with Crippen LogP contribution in [0, 0.1) is 6.92 Å². The highest BCUT2D eigenvalue weighted by Gasteiger charge is 2.23. The molecule has 112 valence electrons. The summed E-state index contributed by atoms with van der Waals surface area (Å²) >= 11 is 0. The molecule has 0 aromatic carbocycles. The summed E-state index contributed by atoms with van der Waals surface area (Å²) in [5, 5.41) is 13.8. The maximum absolute atomic E-state index is 11.9. The van der Waals surface area contributed by atoms with Crippen molar-refractivity contribution in [2.75, 3.05) is 5.32 Å². The highest BCUT2D eigenvalue weighted by Crippen LogP contribution is 2.36. The number of hydrogen-bond donors (Lipinski definition) is 2. The number of aryl methyl sites for hydroxylation is 2. The third kappa shape index (κ3) is 3.07. The first kappa shape index (κ1) is 13.7. The summed E-state index contributed by atoms with van der Waals surface area (Å²) in [6, 6.07) is 3.46. The van der Waals surface area contributed by atoms with Crippen LogP contribution in [-0.2, 0) is 13.6 Å². The summed E-state index contributed by atoms with van der Waals surface area (Å²) in [6.07, 6.45) is 3.64. The number of anilines is 1. The van der Waals surface area contributed by atoms with Crippen LogP contribution in [0.1, 0.15) is 42.3 Å². The Bertz CT molecular complexity index is 642. The van der Waals surface area contributed by atoms with E-state index in [1.165, 1.54) is 19.3 Å². The fourth-order valence-corrected chi connectivity index (χ4v) is 2.34. The number of urea groups is 1. The summed E-state index contributed by atoms with van der Waals surface area (Å²) in [5.74, 6) is 1.97. The predicted octanol–water partition coefficient (Wildman–Crippen LogP) is 2.31. The molecule has 0 unspecified atom stereocenters. The van der Waals surface area contributed by atoms with Gasteiger partial charge in [0.05, 0.1) is 12.2 Å². The number of hydrogen-bond acceptors (Lipinski definition) is 4. The highest BCUT2D eigenvalue weighted by molar-refractivity contribution is 5.88. The molecule has 1 aliphatic rings. The van der Waals surface area contributed by atoms with Crippen molar-refractivity contribution in [3.05, 3.63) is 29.3 Å². The summed E-state index contributed by atoms with van der Waals surface area (Å²) < 4.78 is 6.65. The van der Waals surface area contributed by atoms with Gasteiger partial charge in [0.25, 0.3) is 0 Å². The lowest BCUT2D eigenvalue weighted by molar-refractivity contribution is 0.251. The summed E-state index contributed by atoms with van der Waals surface area (Å²) in [5.41, 5.74) is 1.76. The van der Waals surface area contributed by atoms with Gasteiger partial charge in [0.2, 0.25) is 0 Å². The van der Waals surface area contributed by atoms with Crippen molar-refractivity contribution in [3.8, 4) is 0 Å². The Hall–Kier alpha value is -2.31. The Kier molecular flexibility index (Phi) is 3.64. The van der Waals surface area contributed by atoms with E-state index in [0.717, 1.165) is 11.5 Å². The molecule has 0 bridgehead atoms. The van der Waals surface area contributed by atoms with Crippen LogP contribution >= 0.6 is 0 Å². The van der Waals surface area contributed by atoms with Crippen LogP contribution in [0.2, 0.25) is 0 Å². The molecule has 0 spiro atoms. The summed E-state index contributed by atoms with van der Waals surface area (Å²) in [7, 11) is 1.83. The van der Waals surface area contributed by atoms with Gasteiger partial charge in [-0.1, -0.05) is 11.6 Å². The lowest BCUT2D eigenvalue weighted by atomic mass is 9.83. The Balaban J connectivity index is 1.55. The molecular formula is C14H19N5O2. The minimum Gasteiger partial charge on any atom is -0.361 e. The van der Waals surface area contributed by atoms with Crippen LogP contribution in [0.3, 0.4) is 0 Å². The standard InChI is InChI=1S/C14H19N5O2/c1-9-6-11(18-21-9)8-15-14(20)16-13-7-12(17-19(13)2)10-4-3-5-10/h6-7,10H,3-5,8H2,1-2H3,(H2,15,16,20). The molecule has 1 saturated carbocycles. The average molecular weight is 289 g/mol. The monoisotopic (exact) mass is 289 g/mol. The Labute approximate surface area is 122 Å². The largest absolute Gasteiger partial charge is 0.361 e. The maximum Gasteiger partial charge on any atom is 0.320 e. The summed E-state index contributed by atoms with van der Waals surface area (Å²) in [6.45, 7) is 2.14. The molecule has 3 rings (SSSR count). The zero-order valence-electron chi connectivity index (χ0n) is 12.2. The van der Waals surface area contributed by atoms with Crippen LogP contribution in [0.5, 0.6) is 0 Å². The Morgan fingerprint density at radius 3 is 2.90 bits per heavy atom. The molecule has 0 radical (unpaired) electrons. The minimum atomic E-state index is -0.279. The molecular weight excluding hydrogens is 270 g/mol. The van der Waals surface area contributed by atoms with Crippen molar-refractivity contribution < 1.29 is 9.32 Å². The first-order valence-electron chi connectivity index (χ1n) is 7.13. The van der Waals surface area contributed by atoms with Gasteiger partial charge in [0.15, 0.2) is 0 Å². The molecule has 2 N–H and O–H groups in total. The fourth-order valence-electron chi connectivity index (χ4n) is 2.34. The van der Waals surface area contributed by atoms with Crippen molar-refractivity contribution in [2.24, 2.45) is 7.05 Å². The van der Waals surface area contributed by atoms with E-state index in [1.807, 2.05) is 20.0 Å². The predicted molar refractivity (Wildman–Crippen MR) is 76.9 cm³/mol. The first-order valence-corrected chi connectivity index (χ1v) is 7.13. The van der Waals surface area contributed by atoms with E-state index in [2.05, 4.69) is 20.9 Å². The Morgan fingerprint density at radius 2 is 2.29 bits per heavy atom. The molecule has 0 aliphatic heterocycles. The molecule has 7 nitrogen and oxygen atoms in total. The number of amides is 2. The lowest BCUT2D eigenvalue weighted by Crippen LogP contribution is -2.29. The smallest absolute Gasteiger partial charge is 0.320 e. The zero-order chi connectivity index (χ0) is 14.8. The van der Waals surface area contributed by atoms with E-state index in [9.17, 15) is 4.79 Å². The van der Waals surface area contributed by atoms with E-state index in [0.29, 0.717) is 24.0 Å². The second kappa shape index (κ2) is 5.59. The molecule has 1 aliphatic carbocycles. The van der Waals surface area contributed by atoms with E-state index in [4.69, 9.17) is 4.52 Å². The van der Waals surface area contributed by atoms with Crippen LogP contribution in [0.25, 0.3) is 0 Å². The van der Waals surface area contributed by atoms with Gasteiger partial charge < -0.3 is 9.84 Å². The van der Waals surface area contributed by atoms with Crippen molar-refractivity contribution in [3.63, 3.8) is 0 Å². The zero-order valence-corrected chi connectivity index (χ0v) is 12.2. The number of carbonyl (C=O) groups is 1. The van der Waals surface area contributed by atoms with E-state index in [-0.39, 0.29) is 6.03 Å². The van der Waals surface area contributed by atoms with Gasteiger partial charge in [-0.05, 0) is 19.8 Å². The maximum atomic E-state index is 11.9. The van der Waals surface area contributed by atoms with Gasteiger partial charge in [0.1, 0.15) is 17.3 Å². The van der Waals surface area contributed by atoms with E-state index < -0.39 is 0 Å². The van der Waals surface area contributed by atoms with Crippen molar-refractivity contribution in [1.82, 2.24) is 20.3 Å². The molecule has 21 heavy (non-hydrogen) atoms. The number of carbonyl (C=O) groups excluding carboxylic acids is 1. The van der Waals surface area contributed by atoms with E-state index in [1.54, 1.807) is 10.7 Å². The number of nitrogens with zero attached hydrogens (tertiary/aromatic N) is 3. The first-order chi connectivity index (χ1) is 10.1. The lowest BCUT2D eigenvalue weighted by Gasteiger charge is -2.22. The second-order valence-corrected chi connectivity index (χ2v) is 5.44. The normalized spacial score (nSPS) is 14.8. The van der Waals surface area contributed by atoms with Crippen LogP contribution in [0.15, 0.2) is 16.7 Å². The van der Waals surface area contributed by atoms with Crippen LogP contribution in [-0.4, -0.2) is 21.0 Å². The SMILES string of the molecule is Cc1cc(CNC(=O)Nc2cc(C3CCC3)nn2C)no1. The number of aromatic nitrogens is 3. The molecule has 0 atom stereocenters. The quantitative estimate of drug-likeness (QED) is 0.904. The fraction of sp³-hybridized carbons (Fsp3) is 0.500. The molecule has 2 aromatic rings. The van der Waals surface area contributed by atoms with Gasteiger partial charge in [-0.15, -0.1) is 0 Å². The molecule has 2 aromatic heterocycles. The third-order valence-electron chi connectivity index (χ3n) is 3.77. The minimum absolute atomic E-state index is 0.279. The van der Waals surface area contributed by atoms with Crippen LogP contribution < -0.4 is 10.6 Å². The van der Waals surface area contributed by atoms with Gasteiger partial charge in [0, 0.05) is 25.1 Å². The average Bonchev–Trinajstić information content (AvgIpc) is 2.92. The van der Waals surface area contributed by atoms with Gasteiger partial charge in [-0.3, -0.25) is 10.00 Å². The Morgan fingerprint density at radius 1 is 1.48 bits per heavy atom. The second-order valence-electron chi connectivity index (χ2n) is 5.44. The van der Waals surface area contributed by atoms with Crippen molar-refractivity contribution in [1.29, 1.82) is 0 Å². The molecule has 2 heterocycles. The topological polar surface area (TPSA) is 85.0 Å². The van der Waals surface area contributed by atoms with Crippen molar-refractivity contribution in [2.45, 2.75) is 38.6 Å². The summed E-state index contributed by atoms with van der Waals surface area (Å²) in [4.78, 5) is 11.9. The van der Waals surface area contributed by atoms with E-state index >= 15 is 0 Å². The van der Waals surface area contributed by atoms with Gasteiger partial charge >= 0.3 is 6.03 Å². The van der Waals surface area contributed by atoms with Gasteiger partial charge in [-0.25, -0.2) is 4.79 Å². The highest BCUT2D eigenvalue weighted by atomic mass is 16.5. The molecule has 2 amide bonds. The number of rotatable bonds is 4. The molecule has 7 heteroatoms. The number of nitrogens with one attached hydrogen (secondary N) is 2.